The minimum Gasteiger partial charge on any atom is -0.408 e. The molecule has 0 radical (unpaired) electrons. The summed E-state index contributed by atoms with van der Waals surface area (Å²) in [5.41, 5.74) is 1.12. The molecule has 0 aliphatic heterocycles. The molecule has 140 valence electrons. The lowest BCUT2D eigenvalue weighted by molar-refractivity contribution is -0.133. The highest BCUT2D eigenvalue weighted by Gasteiger charge is 2.17. The quantitative estimate of drug-likeness (QED) is 0.724. The number of hydrogen-bond donors (Lipinski definition) is 1. The molecule has 2 amide bonds. The molecule has 0 saturated heterocycles. The molecule has 1 aromatic heterocycles. The van der Waals surface area contributed by atoms with Gasteiger partial charge < -0.3 is 14.6 Å². The van der Waals surface area contributed by atoms with Gasteiger partial charge in [-0.2, -0.15) is 0 Å². The SMILES string of the molecule is CN(CC(=O)Nc1ccc(F)cc1)C(=O)Cn1c(=O)oc2cc(Cl)ccc21. The second kappa shape index (κ2) is 7.63. The third kappa shape index (κ3) is 4.35. The molecule has 2 aromatic carbocycles. The van der Waals surface area contributed by atoms with E-state index in [1.165, 1.54) is 46.8 Å². The highest BCUT2D eigenvalue weighted by molar-refractivity contribution is 6.31. The van der Waals surface area contributed by atoms with Gasteiger partial charge >= 0.3 is 5.76 Å². The molecule has 1 heterocycles. The standard InChI is InChI=1S/C18H15ClFN3O4/c1-22(9-16(24)21-13-5-3-12(20)4-6-13)17(25)10-23-14-7-2-11(19)8-15(14)27-18(23)26/h2-8H,9-10H2,1H3,(H,21,24). The number of halogens is 2. The highest BCUT2D eigenvalue weighted by Crippen LogP contribution is 2.18. The molecule has 0 bridgehead atoms. The second-order valence-corrected chi connectivity index (χ2v) is 6.31. The molecule has 3 aromatic rings. The Balaban J connectivity index is 1.65. The van der Waals surface area contributed by atoms with E-state index < -0.39 is 23.4 Å². The lowest BCUT2D eigenvalue weighted by atomic mass is 10.3. The van der Waals surface area contributed by atoms with Gasteiger partial charge in [0.15, 0.2) is 5.58 Å². The van der Waals surface area contributed by atoms with E-state index in [0.29, 0.717) is 16.2 Å². The molecular formula is C18H15ClFN3O4. The van der Waals surface area contributed by atoms with Gasteiger partial charge in [-0.3, -0.25) is 14.2 Å². The molecule has 7 nitrogen and oxygen atoms in total. The zero-order valence-electron chi connectivity index (χ0n) is 14.2. The third-order valence-corrected chi connectivity index (χ3v) is 4.09. The maximum Gasteiger partial charge on any atom is 0.420 e. The molecule has 0 saturated carbocycles. The number of nitrogens with one attached hydrogen (secondary N) is 1. The fourth-order valence-corrected chi connectivity index (χ4v) is 2.65. The summed E-state index contributed by atoms with van der Waals surface area (Å²) in [5.74, 6) is -2.01. The first kappa shape index (κ1) is 18.7. The van der Waals surface area contributed by atoms with Crippen LogP contribution in [0.1, 0.15) is 0 Å². The molecule has 0 fully saturated rings. The van der Waals surface area contributed by atoms with Gasteiger partial charge in [0.2, 0.25) is 11.8 Å². The van der Waals surface area contributed by atoms with Crippen LogP contribution in [0.4, 0.5) is 10.1 Å². The van der Waals surface area contributed by atoms with Crippen molar-refractivity contribution in [1.82, 2.24) is 9.47 Å². The Bertz CT molecular complexity index is 1060. The summed E-state index contributed by atoms with van der Waals surface area (Å²) >= 11 is 5.86. The van der Waals surface area contributed by atoms with Gasteiger partial charge in [0.25, 0.3) is 0 Å². The molecule has 27 heavy (non-hydrogen) atoms. The fourth-order valence-electron chi connectivity index (χ4n) is 2.48. The molecular weight excluding hydrogens is 377 g/mol. The van der Waals surface area contributed by atoms with E-state index in [1.54, 1.807) is 12.1 Å². The number of amides is 2. The molecule has 0 aliphatic rings. The van der Waals surface area contributed by atoms with E-state index in [4.69, 9.17) is 16.0 Å². The van der Waals surface area contributed by atoms with Crippen molar-refractivity contribution in [2.45, 2.75) is 6.54 Å². The number of rotatable bonds is 5. The predicted octanol–water partition coefficient (Wildman–Crippen LogP) is 2.48. The number of likely N-dealkylation sites (N-methyl/N-ethyl adjacent to an activating group) is 1. The number of nitrogens with zero attached hydrogens (tertiary/aromatic N) is 2. The minimum atomic E-state index is -0.690. The Kier molecular flexibility index (Phi) is 5.27. The Morgan fingerprint density at radius 3 is 2.63 bits per heavy atom. The number of carbonyl (C=O) groups excluding carboxylic acids is 2. The van der Waals surface area contributed by atoms with Crippen molar-refractivity contribution >= 4 is 40.2 Å². The number of hydrogen-bond acceptors (Lipinski definition) is 4. The van der Waals surface area contributed by atoms with Gasteiger partial charge in [0.1, 0.15) is 12.4 Å². The van der Waals surface area contributed by atoms with Crippen molar-refractivity contribution in [2.24, 2.45) is 0 Å². The molecule has 3 rings (SSSR count). The van der Waals surface area contributed by atoms with Crippen LogP contribution in [0.25, 0.3) is 11.1 Å². The van der Waals surface area contributed by atoms with Crippen molar-refractivity contribution in [1.29, 1.82) is 0 Å². The predicted molar refractivity (Wildman–Crippen MR) is 98.2 cm³/mol. The van der Waals surface area contributed by atoms with E-state index in [0.717, 1.165) is 0 Å². The first-order valence-electron chi connectivity index (χ1n) is 7.92. The van der Waals surface area contributed by atoms with Crippen LogP contribution in [0.3, 0.4) is 0 Å². The van der Waals surface area contributed by atoms with Crippen LogP contribution in [-0.4, -0.2) is 34.9 Å². The molecule has 9 heteroatoms. The van der Waals surface area contributed by atoms with Crippen LogP contribution in [0, 0.1) is 5.82 Å². The van der Waals surface area contributed by atoms with Crippen LogP contribution >= 0.6 is 11.6 Å². The van der Waals surface area contributed by atoms with E-state index in [2.05, 4.69) is 5.32 Å². The fraction of sp³-hybridized carbons (Fsp3) is 0.167. The topological polar surface area (TPSA) is 84.5 Å². The van der Waals surface area contributed by atoms with E-state index >= 15 is 0 Å². The normalized spacial score (nSPS) is 10.8. The van der Waals surface area contributed by atoms with Gasteiger partial charge in [-0.05, 0) is 36.4 Å². The summed E-state index contributed by atoms with van der Waals surface area (Å²) in [6, 6.07) is 9.91. The Morgan fingerprint density at radius 1 is 1.22 bits per heavy atom. The number of oxazole rings is 1. The van der Waals surface area contributed by atoms with Crippen molar-refractivity contribution in [3.8, 4) is 0 Å². The zero-order chi connectivity index (χ0) is 19.6. The molecule has 0 spiro atoms. The van der Waals surface area contributed by atoms with Crippen LogP contribution in [-0.2, 0) is 16.1 Å². The lowest BCUT2D eigenvalue weighted by Gasteiger charge is -2.17. The van der Waals surface area contributed by atoms with Gasteiger partial charge in [-0.25, -0.2) is 9.18 Å². The third-order valence-electron chi connectivity index (χ3n) is 3.86. The maximum absolute atomic E-state index is 12.9. The van der Waals surface area contributed by atoms with Crippen molar-refractivity contribution in [3.63, 3.8) is 0 Å². The van der Waals surface area contributed by atoms with Crippen LogP contribution in [0.5, 0.6) is 0 Å². The van der Waals surface area contributed by atoms with Crippen molar-refractivity contribution in [2.75, 3.05) is 18.9 Å². The Labute approximate surface area is 157 Å². The van der Waals surface area contributed by atoms with Crippen LogP contribution < -0.4 is 11.1 Å². The zero-order valence-corrected chi connectivity index (χ0v) is 15.0. The van der Waals surface area contributed by atoms with Gasteiger partial charge in [0.05, 0.1) is 12.1 Å². The monoisotopic (exact) mass is 391 g/mol. The summed E-state index contributed by atoms with van der Waals surface area (Å²) in [6.07, 6.45) is 0. The van der Waals surface area contributed by atoms with Crippen molar-refractivity contribution in [3.05, 3.63) is 63.9 Å². The number of benzene rings is 2. The molecule has 0 unspecified atom stereocenters. The van der Waals surface area contributed by atoms with E-state index in [9.17, 15) is 18.8 Å². The smallest absolute Gasteiger partial charge is 0.408 e. The average molecular weight is 392 g/mol. The second-order valence-electron chi connectivity index (χ2n) is 5.87. The summed E-state index contributed by atoms with van der Waals surface area (Å²) < 4.78 is 19.1. The van der Waals surface area contributed by atoms with Crippen LogP contribution in [0.2, 0.25) is 5.02 Å². The summed E-state index contributed by atoms with van der Waals surface area (Å²) in [5, 5.41) is 2.97. The van der Waals surface area contributed by atoms with Crippen molar-refractivity contribution < 1.29 is 18.4 Å². The summed E-state index contributed by atoms with van der Waals surface area (Å²) in [6.45, 7) is -0.514. The van der Waals surface area contributed by atoms with Gasteiger partial charge in [-0.15, -0.1) is 0 Å². The largest absolute Gasteiger partial charge is 0.420 e. The number of anilines is 1. The maximum atomic E-state index is 12.9. The summed E-state index contributed by atoms with van der Waals surface area (Å²) in [7, 11) is 1.44. The average Bonchev–Trinajstić information content (AvgIpc) is 2.91. The first-order chi connectivity index (χ1) is 12.8. The van der Waals surface area contributed by atoms with Gasteiger partial charge in [0, 0.05) is 23.8 Å². The first-order valence-corrected chi connectivity index (χ1v) is 8.29. The minimum absolute atomic E-state index is 0.230. The number of aromatic nitrogens is 1. The van der Waals surface area contributed by atoms with E-state index in [-0.39, 0.29) is 18.7 Å². The molecule has 0 aliphatic carbocycles. The molecule has 1 N–H and O–H groups in total. The number of fused-ring (bicyclic) bond motifs is 1. The molecule has 0 atom stereocenters. The van der Waals surface area contributed by atoms with E-state index in [1.807, 2.05) is 0 Å². The van der Waals surface area contributed by atoms with Gasteiger partial charge in [-0.1, -0.05) is 11.6 Å². The Hall–Kier alpha value is -3.13. The highest BCUT2D eigenvalue weighted by atomic mass is 35.5. The van der Waals surface area contributed by atoms with Crippen LogP contribution in [0.15, 0.2) is 51.7 Å². The number of carbonyl (C=O) groups is 2. The summed E-state index contributed by atoms with van der Waals surface area (Å²) in [4.78, 5) is 37.6. The Morgan fingerprint density at radius 2 is 1.93 bits per heavy atom. The lowest BCUT2D eigenvalue weighted by Crippen LogP contribution is -2.38.